The third-order valence-electron chi connectivity index (χ3n) is 2.52. The van der Waals surface area contributed by atoms with Crippen molar-refractivity contribution in [2.45, 2.75) is 18.2 Å². The Hall–Kier alpha value is -1.11. The SMILES string of the molecule is CCCS(=O)(=O)c1ccc(NCCOCCN)cc1. The highest BCUT2D eigenvalue weighted by Gasteiger charge is 2.12. The van der Waals surface area contributed by atoms with Crippen LogP contribution in [0.25, 0.3) is 0 Å². The molecule has 0 spiro atoms. The van der Waals surface area contributed by atoms with Crippen molar-refractivity contribution in [3.05, 3.63) is 24.3 Å². The number of anilines is 1. The van der Waals surface area contributed by atoms with Gasteiger partial charge >= 0.3 is 0 Å². The molecule has 0 saturated heterocycles. The molecule has 0 aromatic heterocycles. The van der Waals surface area contributed by atoms with Gasteiger partial charge in [0, 0.05) is 18.8 Å². The van der Waals surface area contributed by atoms with Crippen molar-refractivity contribution in [1.82, 2.24) is 0 Å². The molecule has 19 heavy (non-hydrogen) atoms. The van der Waals surface area contributed by atoms with E-state index in [0.717, 1.165) is 5.69 Å². The van der Waals surface area contributed by atoms with Crippen molar-refractivity contribution in [2.75, 3.05) is 37.4 Å². The Morgan fingerprint density at radius 3 is 2.47 bits per heavy atom. The number of sulfone groups is 1. The van der Waals surface area contributed by atoms with Crippen molar-refractivity contribution in [3.63, 3.8) is 0 Å². The smallest absolute Gasteiger partial charge is 0.178 e. The number of nitrogens with two attached hydrogens (primary N) is 1. The predicted octanol–water partition coefficient (Wildman–Crippen LogP) is 1.26. The fourth-order valence-corrected chi connectivity index (χ4v) is 2.94. The van der Waals surface area contributed by atoms with E-state index in [0.29, 0.717) is 37.6 Å². The average molecular weight is 286 g/mol. The van der Waals surface area contributed by atoms with E-state index in [-0.39, 0.29) is 5.75 Å². The third-order valence-corrected chi connectivity index (χ3v) is 4.46. The summed E-state index contributed by atoms with van der Waals surface area (Å²) in [6, 6.07) is 6.80. The molecule has 1 aromatic rings. The number of nitrogens with one attached hydrogen (secondary N) is 1. The molecule has 1 rings (SSSR count). The van der Waals surface area contributed by atoms with E-state index in [4.69, 9.17) is 10.5 Å². The van der Waals surface area contributed by atoms with E-state index < -0.39 is 9.84 Å². The summed E-state index contributed by atoms with van der Waals surface area (Å²) in [7, 11) is -3.13. The lowest BCUT2D eigenvalue weighted by Crippen LogP contribution is -2.14. The molecule has 5 nitrogen and oxygen atoms in total. The number of benzene rings is 1. The van der Waals surface area contributed by atoms with Crippen LogP contribution in [0.3, 0.4) is 0 Å². The van der Waals surface area contributed by atoms with Crippen LogP contribution in [0.4, 0.5) is 5.69 Å². The molecule has 0 atom stereocenters. The fraction of sp³-hybridized carbons (Fsp3) is 0.538. The van der Waals surface area contributed by atoms with Gasteiger partial charge in [0.15, 0.2) is 9.84 Å². The summed E-state index contributed by atoms with van der Waals surface area (Å²) in [5.74, 6) is 0.187. The second kappa shape index (κ2) is 8.14. The van der Waals surface area contributed by atoms with Gasteiger partial charge in [0.25, 0.3) is 0 Å². The molecule has 0 heterocycles. The Bertz CT molecular complexity index is 457. The summed E-state index contributed by atoms with van der Waals surface area (Å²) in [6.45, 7) is 4.17. The van der Waals surface area contributed by atoms with Gasteiger partial charge in [-0.3, -0.25) is 0 Å². The highest BCUT2D eigenvalue weighted by molar-refractivity contribution is 7.91. The Morgan fingerprint density at radius 2 is 1.89 bits per heavy atom. The van der Waals surface area contributed by atoms with E-state index in [1.54, 1.807) is 24.3 Å². The van der Waals surface area contributed by atoms with Gasteiger partial charge in [0.2, 0.25) is 0 Å². The minimum atomic E-state index is -3.13. The van der Waals surface area contributed by atoms with E-state index in [1.807, 2.05) is 6.92 Å². The lowest BCUT2D eigenvalue weighted by Gasteiger charge is -2.08. The van der Waals surface area contributed by atoms with Gasteiger partial charge in [-0.05, 0) is 30.7 Å². The molecule has 108 valence electrons. The molecule has 0 aliphatic rings. The standard InChI is InChI=1S/C13H22N2O3S/c1-2-11-19(16,17)13-5-3-12(4-6-13)15-8-10-18-9-7-14/h3-6,15H,2,7-11,14H2,1H3. The molecule has 0 saturated carbocycles. The summed E-state index contributed by atoms with van der Waals surface area (Å²) in [6.07, 6.45) is 0.626. The van der Waals surface area contributed by atoms with Gasteiger partial charge in [0.1, 0.15) is 0 Å². The molecular formula is C13H22N2O3S. The summed E-state index contributed by atoms with van der Waals surface area (Å²) in [4.78, 5) is 0.374. The average Bonchev–Trinajstić information content (AvgIpc) is 2.39. The van der Waals surface area contributed by atoms with E-state index in [9.17, 15) is 8.42 Å². The number of ether oxygens (including phenoxy) is 1. The fourth-order valence-electron chi connectivity index (χ4n) is 1.62. The molecule has 0 radical (unpaired) electrons. The van der Waals surface area contributed by atoms with Gasteiger partial charge in [-0.1, -0.05) is 6.92 Å². The van der Waals surface area contributed by atoms with Crippen LogP contribution in [0, 0.1) is 0 Å². The highest BCUT2D eigenvalue weighted by atomic mass is 32.2. The van der Waals surface area contributed by atoms with Gasteiger partial charge in [-0.15, -0.1) is 0 Å². The summed E-state index contributed by atoms with van der Waals surface area (Å²) in [5, 5.41) is 3.15. The largest absolute Gasteiger partial charge is 0.383 e. The molecule has 0 fully saturated rings. The van der Waals surface area contributed by atoms with Gasteiger partial charge in [-0.25, -0.2) is 8.42 Å². The van der Waals surface area contributed by atoms with Crippen molar-refractivity contribution in [2.24, 2.45) is 5.73 Å². The molecule has 0 amide bonds. The maximum Gasteiger partial charge on any atom is 0.178 e. The molecule has 0 aliphatic carbocycles. The minimum Gasteiger partial charge on any atom is -0.383 e. The maximum absolute atomic E-state index is 11.8. The summed E-state index contributed by atoms with van der Waals surface area (Å²) in [5.41, 5.74) is 6.18. The Labute approximate surface area is 115 Å². The lowest BCUT2D eigenvalue weighted by atomic mass is 10.3. The third kappa shape index (κ3) is 5.59. The first-order valence-electron chi connectivity index (χ1n) is 6.44. The number of rotatable bonds is 9. The quantitative estimate of drug-likeness (QED) is 0.668. The second-order valence-electron chi connectivity index (χ2n) is 4.17. The zero-order chi connectivity index (χ0) is 14.1. The van der Waals surface area contributed by atoms with Crippen molar-refractivity contribution in [1.29, 1.82) is 0 Å². The van der Waals surface area contributed by atoms with Gasteiger partial charge in [-0.2, -0.15) is 0 Å². The summed E-state index contributed by atoms with van der Waals surface area (Å²) < 4.78 is 28.9. The minimum absolute atomic E-state index is 0.187. The Balaban J connectivity index is 2.48. The van der Waals surface area contributed by atoms with Crippen LogP contribution in [-0.4, -0.2) is 40.5 Å². The molecule has 6 heteroatoms. The molecule has 1 aromatic carbocycles. The van der Waals surface area contributed by atoms with E-state index in [2.05, 4.69) is 5.32 Å². The summed E-state index contributed by atoms with van der Waals surface area (Å²) >= 11 is 0. The van der Waals surface area contributed by atoms with Crippen LogP contribution in [0.15, 0.2) is 29.2 Å². The number of hydrogen-bond acceptors (Lipinski definition) is 5. The molecule has 0 aliphatic heterocycles. The predicted molar refractivity (Wildman–Crippen MR) is 77.1 cm³/mol. The van der Waals surface area contributed by atoms with Crippen molar-refractivity contribution in [3.8, 4) is 0 Å². The molecule has 0 unspecified atom stereocenters. The monoisotopic (exact) mass is 286 g/mol. The van der Waals surface area contributed by atoms with Crippen LogP contribution in [0.1, 0.15) is 13.3 Å². The first kappa shape index (κ1) is 15.9. The van der Waals surface area contributed by atoms with Crippen LogP contribution in [-0.2, 0) is 14.6 Å². The van der Waals surface area contributed by atoms with Gasteiger partial charge < -0.3 is 15.8 Å². The normalized spacial score (nSPS) is 11.5. The topological polar surface area (TPSA) is 81.4 Å². The molecule has 3 N–H and O–H groups in total. The van der Waals surface area contributed by atoms with E-state index >= 15 is 0 Å². The molecular weight excluding hydrogens is 264 g/mol. The van der Waals surface area contributed by atoms with Crippen LogP contribution in [0.2, 0.25) is 0 Å². The van der Waals surface area contributed by atoms with Crippen LogP contribution < -0.4 is 11.1 Å². The first-order valence-corrected chi connectivity index (χ1v) is 8.10. The van der Waals surface area contributed by atoms with Gasteiger partial charge in [0.05, 0.1) is 23.9 Å². The maximum atomic E-state index is 11.8. The highest BCUT2D eigenvalue weighted by Crippen LogP contribution is 2.15. The lowest BCUT2D eigenvalue weighted by molar-refractivity contribution is 0.151. The zero-order valence-electron chi connectivity index (χ0n) is 11.3. The van der Waals surface area contributed by atoms with E-state index in [1.165, 1.54) is 0 Å². The van der Waals surface area contributed by atoms with Crippen molar-refractivity contribution >= 4 is 15.5 Å². The second-order valence-corrected chi connectivity index (χ2v) is 6.28. The number of hydrogen-bond donors (Lipinski definition) is 2. The Kier molecular flexibility index (Phi) is 6.83. The molecule has 0 bridgehead atoms. The zero-order valence-corrected chi connectivity index (χ0v) is 12.1. The first-order chi connectivity index (χ1) is 9.10. The van der Waals surface area contributed by atoms with Crippen LogP contribution in [0.5, 0.6) is 0 Å². The Morgan fingerprint density at radius 1 is 1.21 bits per heavy atom. The van der Waals surface area contributed by atoms with Crippen LogP contribution >= 0.6 is 0 Å². The van der Waals surface area contributed by atoms with Crippen molar-refractivity contribution < 1.29 is 13.2 Å².